The van der Waals surface area contributed by atoms with E-state index in [1.807, 2.05) is 0 Å². The lowest BCUT2D eigenvalue weighted by Crippen LogP contribution is -2.11. The minimum atomic E-state index is 0.703. The van der Waals surface area contributed by atoms with Crippen LogP contribution in [0.5, 0.6) is 0 Å². The van der Waals surface area contributed by atoms with E-state index in [-0.39, 0.29) is 0 Å². The second kappa shape index (κ2) is 4.75. The molecule has 1 aliphatic carbocycles. The summed E-state index contributed by atoms with van der Waals surface area (Å²) in [6, 6.07) is 6.87. The lowest BCUT2D eigenvalue weighted by molar-refractivity contribution is 0.527. The largest absolute Gasteiger partial charge is 0.0944 e. The summed E-state index contributed by atoms with van der Waals surface area (Å²) in [5, 5.41) is 0.857. The van der Waals surface area contributed by atoms with Gasteiger partial charge in [-0.25, -0.2) is 0 Å². The first-order chi connectivity index (χ1) is 7.63. The monoisotopic (exact) mass is 278 g/mol. The van der Waals surface area contributed by atoms with Crippen molar-refractivity contribution in [3.63, 3.8) is 0 Å². The molecule has 2 rings (SSSR count). The number of hydrogen-bond donors (Lipinski definition) is 0. The summed E-state index contributed by atoms with van der Waals surface area (Å²) in [7, 11) is 0. The third-order valence-corrected chi connectivity index (χ3v) is 4.43. The summed E-state index contributed by atoms with van der Waals surface area (Å²) in [6.07, 6.45) is 2.64. The van der Waals surface area contributed by atoms with Crippen LogP contribution in [0.2, 0.25) is 0 Å². The Balaban J connectivity index is 2.44. The molecule has 1 heteroatoms. The predicted molar refractivity (Wildman–Crippen MR) is 75.3 cm³/mol. The van der Waals surface area contributed by atoms with Gasteiger partial charge in [0.2, 0.25) is 0 Å². The lowest BCUT2D eigenvalue weighted by Gasteiger charge is -2.28. The average Bonchev–Trinajstić information content (AvgIpc) is 2.32. The fourth-order valence-corrected chi connectivity index (χ4v) is 2.88. The molecule has 0 spiro atoms. The smallest absolute Gasteiger partial charge is 0.0283 e. The van der Waals surface area contributed by atoms with E-state index < -0.39 is 0 Å². The minimum Gasteiger partial charge on any atom is -0.0944 e. The van der Waals surface area contributed by atoms with Crippen molar-refractivity contribution >= 4 is 21.5 Å². The standard InChI is InChI=1S/C15H19Br/c1-10-4-5-11(2)15-8-13(12(3)9-16)6-7-14(10)15/h6-8,10-11H,3-5,9H2,1-2H3. The van der Waals surface area contributed by atoms with Crippen molar-refractivity contribution in [3.05, 3.63) is 41.5 Å². The van der Waals surface area contributed by atoms with Crippen molar-refractivity contribution in [3.8, 4) is 0 Å². The Labute approximate surface area is 107 Å². The molecule has 1 aliphatic rings. The molecule has 0 amide bonds. The molecule has 1 aromatic carbocycles. The first-order valence-electron chi connectivity index (χ1n) is 6.01. The fourth-order valence-electron chi connectivity index (χ4n) is 2.56. The average molecular weight is 279 g/mol. The lowest BCUT2D eigenvalue weighted by atomic mass is 9.77. The number of benzene rings is 1. The Kier molecular flexibility index (Phi) is 3.53. The molecule has 0 saturated carbocycles. The summed E-state index contributed by atoms with van der Waals surface area (Å²) in [5.41, 5.74) is 5.55. The molecule has 2 atom stereocenters. The normalized spacial score (nSPS) is 23.9. The van der Waals surface area contributed by atoms with E-state index in [0.717, 1.165) is 11.2 Å². The molecule has 0 heterocycles. The second-order valence-corrected chi connectivity index (χ2v) is 5.52. The summed E-state index contributed by atoms with van der Waals surface area (Å²) in [6.45, 7) is 8.77. The van der Waals surface area contributed by atoms with Crippen LogP contribution in [0.25, 0.3) is 5.57 Å². The van der Waals surface area contributed by atoms with Crippen molar-refractivity contribution in [2.24, 2.45) is 0 Å². The van der Waals surface area contributed by atoms with Gasteiger partial charge in [0.1, 0.15) is 0 Å². The number of hydrogen-bond acceptors (Lipinski definition) is 0. The number of halogens is 1. The molecule has 0 N–H and O–H groups in total. The first kappa shape index (κ1) is 11.9. The van der Waals surface area contributed by atoms with Crippen LogP contribution >= 0.6 is 15.9 Å². The third-order valence-electron chi connectivity index (χ3n) is 3.75. The molecule has 0 bridgehead atoms. The van der Waals surface area contributed by atoms with E-state index in [4.69, 9.17) is 0 Å². The van der Waals surface area contributed by atoms with Crippen LogP contribution in [-0.2, 0) is 0 Å². The molecule has 0 aromatic heterocycles. The van der Waals surface area contributed by atoms with Crippen LogP contribution in [0.3, 0.4) is 0 Å². The fraction of sp³-hybridized carbons (Fsp3) is 0.467. The van der Waals surface area contributed by atoms with Crippen LogP contribution < -0.4 is 0 Å². The third kappa shape index (κ3) is 2.10. The predicted octanol–water partition coefficient (Wildman–Crippen LogP) is 5.10. The van der Waals surface area contributed by atoms with Crippen LogP contribution in [0.15, 0.2) is 24.8 Å². The Hall–Kier alpha value is -0.560. The van der Waals surface area contributed by atoms with Gasteiger partial charge in [0.25, 0.3) is 0 Å². The molecule has 2 unspecified atom stereocenters. The molecular formula is C15H19Br. The molecular weight excluding hydrogens is 260 g/mol. The topological polar surface area (TPSA) is 0 Å². The Morgan fingerprint density at radius 2 is 1.88 bits per heavy atom. The number of alkyl halides is 1. The van der Waals surface area contributed by atoms with Crippen LogP contribution in [0.1, 0.15) is 55.2 Å². The van der Waals surface area contributed by atoms with Gasteiger partial charge < -0.3 is 0 Å². The van der Waals surface area contributed by atoms with Gasteiger partial charge >= 0.3 is 0 Å². The maximum atomic E-state index is 4.09. The highest BCUT2D eigenvalue weighted by atomic mass is 79.9. The van der Waals surface area contributed by atoms with E-state index in [1.54, 1.807) is 11.1 Å². The summed E-state index contributed by atoms with van der Waals surface area (Å²) in [4.78, 5) is 0. The van der Waals surface area contributed by atoms with Gasteiger partial charge in [0.15, 0.2) is 0 Å². The summed E-state index contributed by atoms with van der Waals surface area (Å²) >= 11 is 3.47. The second-order valence-electron chi connectivity index (χ2n) is 4.96. The van der Waals surface area contributed by atoms with Gasteiger partial charge in [-0.1, -0.05) is 54.6 Å². The molecule has 16 heavy (non-hydrogen) atoms. The quantitative estimate of drug-likeness (QED) is 0.661. The van der Waals surface area contributed by atoms with Crippen molar-refractivity contribution in [2.75, 3.05) is 5.33 Å². The van der Waals surface area contributed by atoms with Gasteiger partial charge in [-0.05, 0) is 46.9 Å². The maximum absolute atomic E-state index is 4.09. The van der Waals surface area contributed by atoms with Crippen LogP contribution in [0.4, 0.5) is 0 Å². The van der Waals surface area contributed by atoms with Crippen molar-refractivity contribution < 1.29 is 0 Å². The molecule has 86 valence electrons. The van der Waals surface area contributed by atoms with E-state index in [2.05, 4.69) is 54.6 Å². The molecule has 0 fully saturated rings. The summed E-state index contributed by atoms with van der Waals surface area (Å²) in [5.74, 6) is 1.42. The Bertz CT molecular complexity index is 406. The zero-order valence-electron chi connectivity index (χ0n) is 10.1. The van der Waals surface area contributed by atoms with Crippen molar-refractivity contribution in [2.45, 2.75) is 38.5 Å². The number of fused-ring (bicyclic) bond motifs is 1. The van der Waals surface area contributed by atoms with E-state index in [9.17, 15) is 0 Å². The highest BCUT2D eigenvalue weighted by Crippen LogP contribution is 2.39. The van der Waals surface area contributed by atoms with Gasteiger partial charge in [0, 0.05) is 5.33 Å². The van der Waals surface area contributed by atoms with Crippen LogP contribution in [0, 0.1) is 0 Å². The Morgan fingerprint density at radius 1 is 1.25 bits per heavy atom. The van der Waals surface area contributed by atoms with Crippen LogP contribution in [-0.4, -0.2) is 5.33 Å². The van der Waals surface area contributed by atoms with Crippen molar-refractivity contribution in [1.29, 1.82) is 0 Å². The van der Waals surface area contributed by atoms with Gasteiger partial charge in [-0.15, -0.1) is 0 Å². The van der Waals surface area contributed by atoms with Gasteiger partial charge in [-0.3, -0.25) is 0 Å². The zero-order chi connectivity index (χ0) is 11.7. The van der Waals surface area contributed by atoms with E-state index in [0.29, 0.717) is 5.92 Å². The molecule has 0 radical (unpaired) electrons. The van der Waals surface area contributed by atoms with Crippen molar-refractivity contribution in [1.82, 2.24) is 0 Å². The maximum Gasteiger partial charge on any atom is 0.0283 e. The number of allylic oxidation sites excluding steroid dienone is 1. The van der Waals surface area contributed by atoms with Gasteiger partial charge in [-0.2, -0.15) is 0 Å². The van der Waals surface area contributed by atoms with Gasteiger partial charge in [0.05, 0.1) is 0 Å². The molecule has 0 aliphatic heterocycles. The first-order valence-corrected chi connectivity index (χ1v) is 7.13. The SMILES string of the molecule is C=C(CBr)c1ccc2c(c1)C(C)CCC2C. The summed E-state index contributed by atoms with van der Waals surface area (Å²) < 4.78 is 0. The highest BCUT2D eigenvalue weighted by Gasteiger charge is 2.21. The zero-order valence-corrected chi connectivity index (χ0v) is 11.7. The molecule has 0 saturated heterocycles. The molecule has 0 nitrogen and oxygen atoms in total. The van der Waals surface area contributed by atoms with E-state index in [1.165, 1.54) is 24.0 Å². The number of rotatable bonds is 2. The highest BCUT2D eigenvalue weighted by molar-refractivity contribution is 9.09. The van der Waals surface area contributed by atoms with E-state index >= 15 is 0 Å². The minimum absolute atomic E-state index is 0.703. The molecule has 1 aromatic rings. The Morgan fingerprint density at radius 3 is 2.50 bits per heavy atom.